The van der Waals surface area contributed by atoms with Gasteiger partial charge in [-0.05, 0) is 50.1 Å². The number of hydrogen-bond acceptors (Lipinski definition) is 4. The second kappa shape index (κ2) is 9.05. The van der Waals surface area contributed by atoms with Gasteiger partial charge in [-0.1, -0.05) is 25.4 Å². The van der Waals surface area contributed by atoms with Crippen molar-refractivity contribution in [1.82, 2.24) is 20.3 Å². The van der Waals surface area contributed by atoms with E-state index in [1.165, 1.54) is 0 Å². The second-order valence-electron chi connectivity index (χ2n) is 7.23. The number of hydrogen-bond donors (Lipinski definition) is 3. The molecule has 3 aromatic rings. The maximum absolute atomic E-state index is 12.2. The van der Waals surface area contributed by atoms with E-state index < -0.39 is 0 Å². The van der Waals surface area contributed by atoms with Crippen LogP contribution in [0.1, 0.15) is 30.8 Å². The van der Waals surface area contributed by atoms with Crippen LogP contribution in [0.15, 0.2) is 35.5 Å². The Morgan fingerprint density at radius 1 is 1.21 bits per heavy atom. The van der Waals surface area contributed by atoms with Gasteiger partial charge in [0.05, 0.1) is 0 Å². The number of aromatic nitrogens is 3. The van der Waals surface area contributed by atoms with Crippen molar-refractivity contribution in [1.29, 1.82) is 0 Å². The number of amides is 1. The Morgan fingerprint density at radius 3 is 2.62 bits per heavy atom. The highest BCUT2D eigenvalue weighted by Gasteiger charge is 2.12. The van der Waals surface area contributed by atoms with E-state index in [-0.39, 0.29) is 11.8 Å². The number of anilines is 1. The van der Waals surface area contributed by atoms with E-state index in [1.54, 1.807) is 0 Å². The number of H-pyrrole nitrogens is 1. The zero-order valence-electron chi connectivity index (χ0n) is 17.0. The summed E-state index contributed by atoms with van der Waals surface area (Å²) in [6.07, 6.45) is 2.65. The summed E-state index contributed by atoms with van der Waals surface area (Å²) in [6.45, 7) is 7.92. The number of aliphatic imine (C=N–C) groups is 1. The van der Waals surface area contributed by atoms with Crippen molar-refractivity contribution in [3.05, 3.63) is 52.4 Å². The number of benzene rings is 1. The zero-order chi connectivity index (χ0) is 21.0. The molecular formula is C21H25ClN6O. The lowest BCUT2D eigenvalue weighted by Gasteiger charge is -2.13. The summed E-state index contributed by atoms with van der Waals surface area (Å²) in [6, 6.07) is 7.64. The Morgan fingerprint density at radius 2 is 1.93 bits per heavy atom. The normalized spacial score (nSPS) is 11.9. The molecule has 0 saturated heterocycles. The zero-order valence-corrected chi connectivity index (χ0v) is 17.8. The van der Waals surface area contributed by atoms with Crippen molar-refractivity contribution in [3.8, 4) is 0 Å². The van der Waals surface area contributed by atoms with Gasteiger partial charge in [-0.25, -0.2) is 9.97 Å². The molecule has 152 valence electrons. The molecule has 0 unspecified atom stereocenters. The average Bonchev–Trinajstić information content (AvgIpc) is 3.02. The topological polar surface area (TPSA) is 95.1 Å². The van der Waals surface area contributed by atoms with E-state index in [2.05, 4.69) is 30.6 Å². The highest BCUT2D eigenvalue weighted by Crippen LogP contribution is 2.22. The Kier molecular flexibility index (Phi) is 6.49. The van der Waals surface area contributed by atoms with E-state index in [0.29, 0.717) is 29.9 Å². The molecule has 8 heteroatoms. The van der Waals surface area contributed by atoms with E-state index in [4.69, 9.17) is 11.6 Å². The Balaban J connectivity index is 1.77. The summed E-state index contributed by atoms with van der Waals surface area (Å²) in [5.74, 6) is 0.452. The Bertz CT molecular complexity index is 1040. The molecule has 0 saturated carbocycles. The fourth-order valence-electron chi connectivity index (χ4n) is 2.90. The number of halogens is 1. The molecule has 0 bridgehead atoms. The van der Waals surface area contributed by atoms with Crippen LogP contribution in [0, 0.1) is 19.8 Å². The van der Waals surface area contributed by atoms with Crippen molar-refractivity contribution in [3.63, 3.8) is 0 Å². The van der Waals surface area contributed by atoms with Gasteiger partial charge in [0.1, 0.15) is 0 Å². The first-order valence-corrected chi connectivity index (χ1v) is 9.89. The molecule has 1 aromatic carbocycles. The molecule has 0 aliphatic heterocycles. The van der Waals surface area contributed by atoms with Crippen LogP contribution in [0.3, 0.4) is 0 Å². The summed E-state index contributed by atoms with van der Waals surface area (Å²) >= 11 is 6.12. The summed E-state index contributed by atoms with van der Waals surface area (Å²) in [4.78, 5) is 28.7. The fraction of sp³-hybridized carbons (Fsp3) is 0.333. The van der Waals surface area contributed by atoms with Gasteiger partial charge < -0.3 is 4.98 Å². The first-order valence-electron chi connectivity index (χ1n) is 9.52. The van der Waals surface area contributed by atoms with E-state index >= 15 is 0 Å². The minimum Gasteiger partial charge on any atom is -0.361 e. The van der Waals surface area contributed by atoms with E-state index in [0.717, 1.165) is 27.9 Å². The van der Waals surface area contributed by atoms with Gasteiger partial charge in [0, 0.05) is 46.0 Å². The highest BCUT2D eigenvalue weighted by atomic mass is 35.5. The van der Waals surface area contributed by atoms with Gasteiger partial charge in [-0.3, -0.25) is 20.4 Å². The molecule has 0 aliphatic rings. The van der Waals surface area contributed by atoms with Gasteiger partial charge in [-0.2, -0.15) is 0 Å². The largest absolute Gasteiger partial charge is 0.361 e. The molecule has 2 aromatic heterocycles. The van der Waals surface area contributed by atoms with Crippen molar-refractivity contribution >= 4 is 40.3 Å². The van der Waals surface area contributed by atoms with Crippen molar-refractivity contribution in [2.24, 2.45) is 10.9 Å². The first kappa shape index (κ1) is 20.8. The molecule has 2 heterocycles. The number of fused-ring (bicyclic) bond motifs is 1. The maximum atomic E-state index is 12.2. The molecule has 1 amide bonds. The van der Waals surface area contributed by atoms with Gasteiger partial charge in [-0.15, -0.1) is 0 Å². The number of aryl methyl sites for hydroxylation is 2. The summed E-state index contributed by atoms with van der Waals surface area (Å²) in [5, 5.41) is 7.63. The molecule has 0 spiro atoms. The maximum Gasteiger partial charge on any atom is 0.229 e. The monoisotopic (exact) mass is 412 g/mol. The molecule has 3 rings (SSSR count). The van der Waals surface area contributed by atoms with Crippen LogP contribution < -0.4 is 10.6 Å². The third-order valence-electron chi connectivity index (χ3n) is 4.36. The van der Waals surface area contributed by atoms with Crippen molar-refractivity contribution in [2.75, 3.05) is 11.9 Å². The molecule has 0 aliphatic carbocycles. The molecule has 7 nitrogen and oxygen atoms in total. The van der Waals surface area contributed by atoms with Crippen LogP contribution in [0.2, 0.25) is 5.02 Å². The minimum atomic E-state index is -0.169. The minimum absolute atomic E-state index is 0.125. The van der Waals surface area contributed by atoms with E-state index in [1.807, 2.05) is 58.2 Å². The lowest BCUT2D eigenvalue weighted by Crippen LogP contribution is -2.39. The van der Waals surface area contributed by atoms with Crippen LogP contribution in [0.5, 0.6) is 0 Å². The smallest absolute Gasteiger partial charge is 0.229 e. The molecular weight excluding hydrogens is 388 g/mol. The summed E-state index contributed by atoms with van der Waals surface area (Å²) < 4.78 is 0. The molecule has 0 radical (unpaired) electrons. The van der Waals surface area contributed by atoms with Crippen LogP contribution >= 0.6 is 11.6 Å². The summed E-state index contributed by atoms with van der Waals surface area (Å²) in [7, 11) is 0. The number of nitrogens with one attached hydrogen (secondary N) is 3. The fourth-order valence-corrected chi connectivity index (χ4v) is 3.08. The Labute approximate surface area is 175 Å². The van der Waals surface area contributed by atoms with Crippen molar-refractivity contribution < 1.29 is 4.79 Å². The number of carbonyl (C=O) groups is 1. The highest BCUT2D eigenvalue weighted by molar-refractivity contribution is 6.31. The second-order valence-corrected chi connectivity index (χ2v) is 7.66. The number of rotatable bonds is 5. The van der Waals surface area contributed by atoms with E-state index in [9.17, 15) is 4.79 Å². The quantitative estimate of drug-likeness (QED) is 0.435. The first-order chi connectivity index (χ1) is 13.8. The summed E-state index contributed by atoms with van der Waals surface area (Å²) in [5.41, 5.74) is 3.82. The lowest BCUT2D eigenvalue weighted by molar-refractivity contribution is -0.122. The molecule has 0 fully saturated rings. The van der Waals surface area contributed by atoms with Crippen LogP contribution in [-0.4, -0.2) is 33.4 Å². The van der Waals surface area contributed by atoms with Crippen LogP contribution in [0.4, 0.5) is 5.95 Å². The lowest BCUT2D eigenvalue weighted by atomic mass is 10.1. The average molecular weight is 413 g/mol. The predicted molar refractivity (Wildman–Crippen MR) is 117 cm³/mol. The van der Waals surface area contributed by atoms with Gasteiger partial charge >= 0.3 is 0 Å². The van der Waals surface area contributed by atoms with Crippen LogP contribution in [-0.2, 0) is 11.2 Å². The number of aromatic amines is 1. The van der Waals surface area contributed by atoms with Crippen LogP contribution in [0.25, 0.3) is 10.9 Å². The Hall–Kier alpha value is -2.93. The molecule has 29 heavy (non-hydrogen) atoms. The third-order valence-corrected chi connectivity index (χ3v) is 4.59. The third kappa shape index (κ3) is 5.54. The van der Waals surface area contributed by atoms with Gasteiger partial charge in [0.2, 0.25) is 17.8 Å². The SMILES string of the molecule is Cc1cc(C)nc(NC(=NCCc2c[nH]c3ccc(Cl)cc23)NC(=O)C(C)C)n1. The molecule has 3 N–H and O–H groups in total. The number of carbonyl (C=O) groups excluding carboxylic acids is 1. The number of nitrogens with zero attached hydrogens (tertiary/aromatic N) is 3. The van der Waals surface area contributed by atoms with Gasteiger partial charge in [0.15, 0.2) is 0 Å². The van der Waals surface area contributed by atoms with Gasteiger partial charge in [0.25, 0.3) is 0 Å². The standard InChI is InChI=1S/C21H25ClN6O/c1-12(2)19(29)27-20(28-21-25-13(3)9-14(4)26-21)23-8-7-15-11-24-18-6-5-16(22)10-17(15)18/h5-6,9-12,24H,7-8H2,1-4H3,(H2,23,25,26,27,28,29). The number of guanidine groups is 1. The predicted octanol–water partition coefficient (Wildman–Crippen LogP) is 4.01. The van der Waals surface area contributed by atoms with Crippen molar-refractivity contribution in [2.45, 2.75) is 34.1 Å². The molecule has 0 atom stereocenters.